The molecule has 0 aliphatic rings. The molecule has 6 nitrogen and oxygen atoms in total. The number of benzene rings is 1. The molecule has 0 atom stereocenters. The quantitative estimate of drug-likeness (QED) is 0.741. The highest BCUT2D eigenvalue weighted by atomic mass is 32.2. The van der Waals surface area contributed by atoms with E-state index in [-0.39, 0.29) is 0 Å². The lowest BCUT2D eigenvalue weighted by atomic mass is 10.2. The fourth-order valence-corrected chi connectivity index (χ4v) is 2.59. The molecule has 0 aliphatic carbocycles. The maximum Gasteiger partial charge on any atom is 0.339 e. The summed E-state index contributed by atoms with van der Waals surface area (Å²) in [6, 6.07) is 2.20. The summed E-state index contributed by atoms with van der Waals surface area (Å²) in [6.07, 6.45) is 0. The lowest BCUT2D eigenvalue weighted by Crippen LogP contribution is -2.41. The second-order valence-electron chi connectivity index (χ2n) is 4.02. The van der Waals surface area contributed by atoms with Crippen molar-refractivity contribution in [3.63, 3.8) is 0 Å². The maximum absolute atomic E-state index is 13.1. The van der Waals surface area contributed by atoms with Gasteiger partial charge in [0.25, 0.3) is 5.92 Å². The van der Waals surface area contributed by atoms with Crippen LogP contribution in [-0.2, 0) is 14.8 Å². The Kier molecular flexibility index (Phi) is 5.31. The maximum atomic E-state index is 13.1. The zero-order valence-electron chi connectivity index (χ0n) is 10.9. The van der Waals surface area contributed by atoms with Crippen molar-refractivity contribution in [2.75, 3.05) is 20.2 Å². The fourth-order valence-electron chi connectivity index (χ4n) is 1.36. The highest BCUT2D eigenvalue weighted by Crippen LogP contribution is 2.19. The molecule has 10 heteroatoms. The number of hydrogen-bond acceptors (Lipinski definition) is 5. The Labute approximate surface area is 119 Å². The second-order valence-corrected chi connectivity index (χ2v) is 5.75. The Morgan fingerprint density at radius 3 is 2.57 bits per heavy atom. The van der Waals surface area contributed by atoms with E-state index in [1.807, 2.05) is 0 Å². The molecular weight excluding hydrogens is 313 g/mol. The van der Waals surface area contributed by atoms with Crippen LogP contribution in [0.15, 0.2) is 23.1 Å². The van der Waals surface area contributed by atoms with Crippen molar-refractivity contribution < 1.29 is 31.1 Å². The lowest BCUT2D eigenvalue weighted by molar-refractivity contribution is 0.0170. The normalized spacial score (nSPS) is 12.2. The van der Waals surface area contributed by atoms with Crippen LogP contribution >= 0.6 is 0 Å². The van der Waals surface area contributed by atoms with E-state index in [1.54, 1.807) is 4.72 Å². The Balaban J connectivity index is 3.17. The minimum Gasteiger partial charge on any atom is -0.465 e. The largest absolute Gasteiger partial charge is 0.465 e. The van der Waals surface area contributed by atoms with Gasteiger partial charge in [-0.2, -0.15) is 0 Å². The van der Waals surface area contributed by atoms with Crippen LogP contribution in [0.1, 0.15) is 10.4 Å². The zero-order chi connectivity index (χ0) is 16.3. The van der Waals surface area contributed by atoms with Crippen molar-refractivity contribution in [3.8, 4) is 0 Å². The van der Waals surface area contributed by atoms with Gasteiger partial charge in [-0.05, 0) is 18.2 Å². The number of halogens is 3. The number of nitrogens with one attached hydrogen (secondary N) is 1. The van der Waals surface area contributed by atoms with Crippen molar-refractivity contribution in [3.05, 3.63) is 29.6 Å². The van der Waals surface area contributed by atoms with Crippen molar-refractivity contribution in [1.29, 1.82) is 0 Å². The molecule has 0 saturated heterocycles. The topological polar surface area (TPSA) is 98.5 Å². The molecule has 118 valence electrons. The van der Waals surface area contributed by atoms with Gasteiger partial charge < -0.3 is 10.5 Å². The molecular formula is C11H13F3N2O4S. The molecule has 0 saturated carbocycles. The summed E-state index contributed by atoms with van der Waals surface area (Å²) in [5, 5.41) is 0. The van der Waals surface area contributed by atoms with E-state index in [4.69, 9.17) is 5.73 Å². The van der Waals surface area contributed by atoms with Gasteiger partial charge in [0, 0.05) is 0 Å². The molecule has 1 rings (SSSR count). The van der Waals surface area contributed by atoms with Gasteiger partial charge in [-0.1, -0.05) is 0 Å². The molecule has 1 aromatic rings. The fraction of sp³-hybridized carbons (Fsp3) is 0.364. The van der Waals surface area contributed by atoms with E-state index in [2.05, 4.69) is 4.74 Å². The van der Waals surface area contributed by atoms with Gasteiger partial charge in [0.05, 0.1) is 30.7 Å². The van der Waals surface area contributed by atoms with Gasteiger partial charge in [0.2, 0.25) is 10.0 Å². The van der Waals surface area contributed by atoms with Crippen LogP contribution in [0, 0.1) is 5.82 Å². The SMILES string of the molecule is COC(=O)c1cc(F)ccc1S(=O)(=O)NCC(F)(F)CN. The van der Waals surface area contributed by atoms with Crippen LogP contribution in [0.5, 0.6) is 0 Å². The molecule has 0 bridgehead atoms. The van der Waals surface area contributed by atoms with Crippen LogP contribution in [-0.4, -0.2) is 40.5 Å². The summed E-state index contributed by atoms with van der Waals surface area (Å²) in [6.45, 7) is -2.30. The summed E-state index contributed by atoms with van der Waals surface area (Å²) in [5.41, 5.74) is 4.19. The van der Waals surface area contributed by atoms with Gasteiger partial charge >= 0.3 is 5.97 Å². The monoisotopic (exact) mass is 326 g/mol. The van der Waals surface area contributed by atoms with Gasteiger partial charge in [-0.25, -0.2) is 31.1 Å². The molecule has 0 spiro atoms. The van der Waals surface area contributed by atoms with E-state index in [9.17, 15) is 26.4 Å². The van der Waals surface area contributed by atoms with Crippen molar-refractivity contribution in [2.24, 2.45) is 5.73 Å². The molecule has 0 fully saturated rings. The summed E-state index contributed by atoms with van der Waals surface area (Å²) < 4.78 is 68.9. The van der Waals surface area contributed by atoms with E-state index in [0.29, 0.717) is 6.07 Å². The van der Waals surface area contributed by atoms with Crippen LogP contribution < -0.4 is 10.5 Å². The molecule has 0 aromatic heterocycles. The molecule has 1 aromatic carbocycles. The minimum absolute atomic E-state index is 0.596. The zero-order valence-corrected chi connectivity index (χ0v) is 11.7. The standard InChI is InChI=1S/C11H13F3N2O4S/c1-20-10(17)8-4-7(12)2-3-9(8)21(18,19)16-6-11(13,14)5-15/h2-4,16H,5-6,15H2,1H3. The van der Waals surface area contributed by atoms with E-state index >= 15 is 0 Å². The predicted octanol–water partition coefficient (Wildman–Crippen LogP) is 0.485. The molecule has 0 heterocycles. The number of nitrogens with two attached hydrogens (primary N) is 1. The number of esters is 1. The highest BCUT2D eigenvalue weighted by molar-refractivity contribution is 7.89. The first-order chi connectivity index (χ1) is 9.63. The Hall–Kier alpha value is -1.65. The van der Waals surface area contributed by atoms with Crippen LogP contribution in [0.4, 0.5) is 13.2 Å². The number of carbonyl (C=O) groups is 1. The van der Waals surface area contributed by atoms with Gasteiger partial charge in [-0.15, -0.1) is 0 Å². The second kappa shape index (κ2) is 6.41. The molecule has 21 heavy (non-hydrogen) atoms. The molecule has 0 amide bonds. The third-order valence-electron chi connectivity index (χ3n) is 2.46. The summed E-state index contributed by atoms with van der Waals surface area (Å²) in [7, 11) is -3.49. The summed E-state index contributed by atoms with van der Waals surface area (Å²) in [4.78, 5) is 10.8. The first-order valence-corrected chi connectivity index (χ1v) is 7.07. The third-order valence-corrected chi connectivity index (χ3v) is 3.92. The predicted molar refractivity (Wildman–Crippen MR) is 66.9 cm³/mol. The van der Waals surface area contributed by atoms with Crippen LogP contribution in [0.3, 0.4) is 0 Å². The Morgan fingerprint density at radius 1 is 1.43 bits per heavy atom. The van der Waals surface area contributed by atoms with E-state index < -0.39 is 51.3 Å². The average molecular weight is 326 g/mol. The molecule has 0 radical (unpaired) electrons. The van der Waals surface area contributed by atoms with E-state index in [1.165, 1.54) is 0 Å². The summed E-state index contributed by atoms with van der Waals surface area (Å²) in [5.74, 6) is -5.43. The van der Waals surface area contributed by atoms with Gasteiger partial charge in [0.1, 0.15) is 5.82 Å². The highest BCUT2D eigenvalue weighted by Gasteiger charge is 2.31. The van der Waals surface area contributed by atoms with E-state index in [0.717, 1.165) is 19.2 Å². The number of methoxy groups -OCH3 is 1. The average Bonchev–Trinajstić information content (AvgIpc) is 2.44. The minimum atomic E-state index is -4.46. The number of carbonyl (C=O) groups excluding carboxylic acids is 1. The number of ether oxygens (including phenoxy) is 1. The third kappa shape index (κ3) is 4.41. The van der Waals surface area contributed by atoms with Crippen LogP contribution in [0.25, 0.3) is 0 Å². The van der Waals surface area contributed by atoms with Crippen LogP contribution in [0.2, 0.25) is 0 Å². The smallest absolute Gasteiger partial charge is 0.339 e. The number of alkyl halides is 2. The Morgan fingerprint density at radius 2 is 2.05 bits per heavy atom. The molecule has 0 unspecified atom stereocenters. The number of sulfonamides is 1. The number of hydrogen-bond donors (Lipinski definition) is 2. The van der Waals surface area contributed by atoms with Crippen molar-refractivity contribution in [2.45, 2.75) is 10.8 Å². The van der Waals surface area contributed by atoms with Gasteiger partial charge in [0.15, 0.2) is 0 Å². The van der Waals surface area contributed by atoms with Crippen molar-refractivity contribution >= 4 is 16.0 Å². The lowest BCUT2D eigenvalue weighted by Gasteiger charge is -2.15. The first kappa shape index (κ1) is 17.4. The molecule has 3 N–H and O–H groups in total. The first-order valence-electron chi connectivity index (χ1n) is 5.58. The molecule has 0 aliphatic heterocycles. The number of rotatable bonds is 6. The Bertz CT molecular complexity index is 634. The summed E-state index contributed by atoms with van der Waals surface area (Å²) >= 11 is 0. The van der Waals surface area contributed by atoms with Gasteiger partial charge in [-0.3, -0.25) is 0 Å². The van der Waals surface area contributed by atoms with Crippen molar-refractivity contribution in [1.82, 2.24) is 4.72 Å².